The standard InChI is InChI=1S/C8H6N4.2C2H6/c1-6-7(5-9)12-8(11-6)3-2-4-10-12;2*1-2/h2-4H,1H3;2*1-2H3. The molecule has 0 spiro atoms. The van der Waals surface area contributed by atoms with Crippen LogP contribution in [0.15, 0.2) is 18.3 Å². The number of imidazole rings is 1. The van der Waals surface area contributed by atoms with Gasteiger partial charge in [0.1, 0.15) is 6.07 Å². The van der Waals surface area contributed by atoms with Crippen molar-refractivity contribution in [2.45, 2.75) is 34.6 Å². The minimum atomic E-state index is 0.505. The van der Waals surface area contributed by atoms with Crippen molar-refractivity contribution in [3.05, 3.63) is 29.7 Å². The Balaban J connectivity index is 0.000000509. The van der Waals surface area contributed by atoms with Crippen LogP contribution in [0.5, 0.6) is 0 Å². The number of nitrogens with zero attached hydrogens (tertiary/aromatic N) is 4. The van der Waals surface area contributed by atoms with E-state index in [1.54, 1.807) is 19.2 Å². The molecule has 0 aliphatic heterocycles. The molecule has 0 amide bonds. The van der Waals surface area contributed by atoms with E-state index in [0.717, 1.165) is 5.69 Å². The normalized spacial score (nSPS) is 8.25. The van der Waals surface area contributed by atoms with E-state index >= 15 is 0 Å². The highest BCUT2D eigenvalue weighted by Gasteiger charge is 2.06. The van der Waals surface area contributed by atoms with Gasteiger partial charge in [-0.15, -0.1) is 0 Å². The first-order valence-corrected chi connectivity index (χ1v) is 5.53. The maximum Gasteiger partial charge on any atom is 0.165 e. The maximum absolute atomic E-state index is 8.75. The Morgan fingerprint density at radius 2 is 1.88 bits per heavy atom. The molecule has 0 atom stereocenters. The lowest BCUT2D eigenvalue weighted by atomic mass is 10.4. The molecule has 2 aromatic rings. The van der Waals surface area contributed by atoms with Crippen LogP contribution >= 0.6 is 0 Å². The van der Waals surface area contributed by atoms with Crippen LogP contribution in [-0.4, -0.2) is 14.6 Å². The Morgan fingerprint density at radius 1 is 1.25 bits per heavy atom. The Morgan fingerprint density at radius 3 is 2.44 bits per heavy atom. The van der Waals surface area contributed by atoms with Crippen molar-refractivity contribution in [3.63, 3.8) is 0 Å². The molecule has 0 saturated heterocycles. The molecular weight excluding hydrogens is 200 g/mol. The van der Waals surface area contributed by atoms with Gasteiger partial charge in [-0.3, -0.25) is 0 Å². The van der Waals surface area contributed by atoms with Gasteiger partial charge in [-0.25, -0.2) is 9.50 Å². The summed E-state index contributed by atoms with van der Waals surface area (Å²) in [5.41, 5.74) is 1.94. The first-order valence-electron chi connectivity index (χ1n) is 5.53. The molecule has 0 aromatic carbocycles. The monoisotopic (exact) mass is 218 g/mol. The number of rotatable bonds is 0. The van der Waals surface area contributed by atoms with Crippen LogP contribution < -0.4 is 0 Å². The van der Waals surface area contributed by atoms with Crippen LogP contribution in [0.25, 0.3) is 5.65 Å². The zero-order valence-corrected chi connectivity index (χ0v) is 10.5. The number of aryl methyl sites for hydroxylation is 1. The van der Waals surface area contributed by atoms with Gasteiger partial charge in [-0.1, -0.05) is 27.7 Å². The lowest BCUT2D eigenvalue weighted by Gasteiger charge is -1.89. The Hall–Kier alpha value is -1.89. The number of nitriles is 1. The zero-order valence-electron chi connectivity index (χ0n) is 10.5. The van der Waals surface area contributed by atoms with Crippen molar-refractivity contribution < 1.29 is 0 Å². The van der Waals surface area contributed by atoms with Crippen molar-refractivity contribution in [1.29, 1.82) is 5.26 Å². The predicted octanol–water partition coefficient (Wildman–Crippen LogP) is 2.96. The van der Waals surface area contributed by atoms with E-state index in [1.165, 1.54) is 4.52 Å². The van der Waals surface area contributed by atoms with Gasteiger partial charge >= 0.3 is 0 Å². The first kappa shape index (κ1) is 14.1. The summed E-state index contributed by atoms with van der Waals surface area (Å²) in [6.45, 7) is 9.80. The molecule has 86 valence electrons. The summed E-state index contributed by atoms with van der Waals surface area (Å²) in [4.78, 5) is 4.16. The second kappa shape index (κ2) is 7.41. The lowest BCUT2D eigenvalue weighted by molar-refractivity contribution is 0.918. The topological polar surface area (TPSA) is 54.0 Å². The van der Waals surface area contributed by atoms with Crippen molar-refractivity contribution in [2.24, 2.45) is 0 Å². The smallest absolute Gasteiger partial charge is 0.165 e. The summed E-state index contributed by atoms with van der Waals surface area (Å²) in [7, 11) is 0. The molecule has 0 N–H and O–H groups in total. The minimum Gasteiger partial charge on any atom is -0.231 e. The van der Waals surface area contributed by atoms with Crippen molar-refractivity contribution in [1.82, 2.24) is 14.6 Å². The van der Waals surface area contributed by atoms with E-state index in [0.29, 0.717) is 11.3 Å². The molecule has 2 heterocycles. The van der Waals surface area contributed by atoms with Gasteiger partial charge in [-0.05, 0) is 19.1 Å². The molecule has 2 rings (SSSR count). The average molecular weight is 218 g/mol. The van der Waals surface area contributed by atoms with E-state index in [2.05, 4.69) is 16.2 Å². The quantitative estimate of drug-likeness (QED) is 0.683. The van der Waals surface area contributed by atoms with E-state index in [4.69, 9.17) is 5.26 Å². The van der Waals surface area contributed by atoms with E-state index in [9.17, 15) is 0 Å². The predicted molar refractivity (Wildman–Crippen MR) is 65.1 cm³/mol. The highest BCUT2D eigenvalue weighted by Crippen LogP contribution is 2.07. The van der Waals surface area contributed by atoms with Crippen molar-refractivity contribution in [2.75, 3.05) is 0 Å². The number of hydrogen-bond donors (Lipinski definition) is 0. The van der Waals surface area contributed by atoms with Gasteiger partial charge < -0.3 is 0 Å². The number of aromatic nitrogens is 3. The van der Waals surface area contributed by atoms with Crippen molar-refractivity contribution >= 4 is 5.65 Å². The van der Waals surface area contributed by atoms with Gasteiger partial charge in [-0.2, -0.15) is 10.4 Å². The van der Waals surface area contributed by atoms with Gasteiger partial charge in [0.25, 0.3) is 0 Å². The Kier molecular flexibility index (Phi) is 6.53. The molecule has 0 saturated carbocycles. The molecule has 0 bridgehead atoms. The van der Waals surface area contributed by atoms with Crippen LogP contribution in [0.3, 0.4) is 0 Å². The second-order valence-electron chi connectivity index (χ2n) is 2.45. The van der Waals surface area contributed by atoms with Crippen molar-refractivity contribution in [3.8, 4) is 6.07 Å². The molecule has 0 unspecified atom stereocenters. The van der Waals surface area contributed by atoms with Crippen LogP contribution in [0.2, 0.25) is 0 Å². The van der Waals surface area contributed by atoms with Gasteiger partial charge in [0, 0.05) is 6.20 Å². The zero-order chi connectivity index (χ0) is 12.6. The fourth-order valence-corrected chi connectivity index (χ4v) is 1.13. The number of fused-ring (bicyclic) bond motifs is 1. The molecule has 0 aliphatic carbocycles. The summed E-state index contributed by atoms with van der Waals surface area (Å²) in [6.07, 6.45) is 1.63. The third kappa shape index (κ3) is 2.80. The van der Waals surface area contributed by atoms with Crippen LogP contribution in [0, 0.1) is 18.3 Å². The summed E-state index contributed by atoms with van der Waals surface area (Å²) >= 11 is 0. The highest BCUT2D eigenvalue weighted by atomic mass is 15.3. The lowest BCUT2D eigenvalue weighted by Crippen LogP contribution is -1.92. The van der Waals surface area contributed by atoms with Gasteiger partial charge in [0.2, 0.25) is 0 Å². The maximum atomic E-state index is 8.75. The van der Waals surface area contributed by atoms with E-state index in [-0.39, 0.29) is 0 Å². The Bertz CT molecular complexity index is 465. The fraction of sp³-hybridized carbons (Fsp3) is 0.417. The SMILES string of the molecule is CC.CC.Cc1nc2cccnn2c1C#N. The first-order chi connectivity index (χ1) is 7.83. The van der Waals surface area contributed by atoms with Gasteiger partial charge in [0.15, 0.2) is 11.3 Å². The third-order valence-electron chi connectivity index (χ3n) is 1.67. The molecule has 16 heavy (non-hydrogen) atoms. The molecule has 0 aliphatic rings. The van der Waals surface area contributed by atoms with Crippen LogP contribution in [-0.2, 0) is 0 Å². The van der Waals surface area contributed by atoms with Crippen LogP contribution in [0.4, 0.5) is 0 Å². The fourth-order valence-electron chi connectivity index (χ4n) is 1.13. The Labute approximate surface area is 96.6 Å². The molecule has 0 radical (unpaired) electrons. The summed E-state index contributed by atoms with van der Waals surface area (Å²) in [5.74, 6) is 0. The number of hydrogen-bond acceptors (Lipinski definition) is 3. The largest absolute Gasteiger partial charge is 0.231 e. The molecule has 4 nitrogen and oxygen atoms in total. The van der Waals surface area contributed by atoms with E-state index < -0.39 is 0 Å². The molecular formula is C12H18N4. The molecule has 2 aromatic heterocycles. The summed E-state index contributed by atoms with van der Waals surface area (Å²) < 4.78 is 1.54. The molecule has 4 heteroatoms. The van der Waals surface area contributed by atoms with Gasteiger partial charge in [0.05, 0.1) is 5.69 Å². The highest BCUT2D eigenvalue weighted by molar-refractivity contribution is 5.44. The third-order valence-corrected chi connectivity index (χ3v) is 1.67. The van der Waals surface area contributed by atoms with E-state index in [1.807, 2.05) is 33.8 Å². The minimum absolute atomic E-state index is 0.505. The molecule has 0 fully saturated rings. The van der Waals surface area contributed by atoms with Crippen LogP contribution in [0.1, 0.15) is 39.1 Å². The second-order valence-corrected chi connectivity index (χ2v) is 2.45. The summed E-state index contributed by atoms with van der Waals surface area (Å²) in [5, 5.41) is 12.8. The average Bonchev–Trinajstić information content (AvgIpc) is 2.69. The summed E-state index contributed by atoms with van der Waals surface area (Å²) in [6, 6.07) is 5.67.